The summed E-state index contributed by atoms with van der Waals surface area (Å²) in [7, 11) is 1.31. The second-order valence-electron chi connectivity index (χ2n) is 6.98. The third kappa shape index (κ3) is 3.82. The highest BCUT2D eigenvalue weighted by molar-refractivity contribution is 6.01. The monoisotopic (exact) mass is 372 g/mol. The summed E-state index contributed by atoms with van der Waals surface area (Å²) in [4.78, 5) is 38.7. The van der Waals surface area contributed by atoms with Crippen molar-refractivity contribution in [1.29, 1.82) is 0 Å². The molecule has 3 atom stereocenters. The number of likely N-dealkylation sites (tertiary alicyclic amines) is 1. The van der Waals surface area contributed by atoms with Crippen LogP contribution < -0.4 is 5.73 Å². The zero-order chi connectivity index (χ0) is 19.6. The molecule has 0 radical (unpaired) electrons. The van der Waals surface area contributed by atoms with E-state index in [1.54, 1.807) is 29.2 Å². The van der Waals surface area contributed by atoms with Crippen molar-refractivity contribution >= 4 is 23.3 Å². The quantitative estimate of drug-likeness (QED) is 0.481. The minimum absolute atomic E-state index is 0.0151. The lowest BCUT2D eigenvalue weighted by Gasteiger charge is -2.43. The Morgan fingerprint density at radius 1 is 1.33 bits per heavy atom. The molecule has 2 aliphatic rings. The first kappa shape index (κ1) is 18.9. The zero-order valence-corrected chi connectivity index (χ0v) is 15.5. The first-order valence-electron chi connectivity index (χ1n) is 9.01. The number of anilines is 1. The molecule has 2 heterocycles. The minimum Gasteiger partial charge on any atom is -0.497 e. The van der Waals surface area contributed by atoms with Crippen molar-refractivity contribution in [3.63, 3.8) is 0 Å². The van der Waals surface area contributed by atoms with E-state index < -0.39 is 5.97 Å². The first-order valence-corrected chi connectivity index (χ1v) is 9.01. The molecule has 2 N–H and O–H groups in total. The number of piperidine rings is 1. The summed E-state index contributed by atoms with van der Waals surface area (Å²) >= 11 is 0. The summed E-state index contributed by atoms with van der Waals surface area (Å²) in [5, 5.41) is 0. The van der Waals surface area contributed by atoms with Crippen LogP contribution in [-0.4, -0.2) is 48.9 Å². The van der Waals surface area contributed by atoms with Crippen LogP contribution in [0.1, 0.15) is 30.1 Å². The number of nitrogens with two attached hydrogens (primary N) is 1. The number of benzene rings is 1. The first-order chi connectivity index (χ1) is 12.9. The summed E-state index contributed by atoms with van der Waals surface area (Å²) in [6, 6.07) is 6.92. The number of rotatable bonds is 5. The number of nitrogen functional groups attached to an aromatic ring is 1. The number of amides is 1. The number of para-hydroxylation sites is 1. The van der Waals surface area contributed by atoms with E-state index in [1.807, 2.05) is 6.92 Å². The molecule has 1 saturated heterocycles. The number of fused-ring (bicyclic) bond motifs is 1. The molecule has 1 amide bonds. The summed E-state index contributed by atoms with van der Waals surface area (Å²) in [5.41, 5.74) is 7.17. The molecular formula is C20H24N2O5. The molecule has 3 rings (SSSR count). The average molecular weight is 372 g/mol. The van der Waals surface area contributed by atoms with Crippen LogP contribution >= 0.6 is 0 Å². The predicted octanol–water partition coefficient (Wildman–Crippen LogP) is 1.78. The van der Waals surface area contributed by atoms with E-state index in [0.29, 0.717) is 29.9 Å². The Labute approximate surface area is 158 Å². The van der Waals surface area contributed by atoms with Gasteiger partial charge in [0.05, 0.1) is 18.9 Å². The molecule has 0 bridgehead atoms. The van der Waals surface area contributed by atoms with Gasteiger partial charge in [0.1, 0.15) is 6.10 Å². The van der Waals surface area contributed by atoms with E-state index in [1.165, 1.54) is 13.4 Å². The second-order valence-corrected chi connectivity index (χ2v) is 6.98. The van der Waals surface area contributed by atoms with Crippen molar-refractivity contribution < 1.29 is 23.9 Å². The van der Waals surface area contributed by atoms with Crippen molar-refractivity contribution in [3.05, 3.63) is 41.7 Å². The number of methoxy groups -OCH3 is 1. The molecule has 1 aromatic rings. The summed E-state index contributed by atoms with van der Waals surface area (Å²) in [5.74, 6) is -0.864. The van der Waals surface area contributed by atoms with Crippen LogP contribution in [0.3, 0.4) is 0 Å². The molecule has 1 aromatic carbocycles. The molecule has 0 unspecified atom stereocenters. The molecular weight excluding hydrogens is 348 g/mol. The topological polar surface area (TPSA) is 98.9 Å². The van der Waals surface area contributed by atoms with Crippen LogP contribution in [0.15, 0.2) is 36.1 Å². The van der Waals surface area contributed by atoms with E-state index in [2.05, 4.69) is 0 Å². The number of Topliss-reactive ketones (excluding diaryl/α,β-unsaturated/α-hetero) is 1. The Hall–Kier alpha value is -2.83. The van der Waals surface area contributed by atoms with Gasteiger partial charge in [0, 0.05) is 49.0 Å². The maximum Gasteiger partial charge on any atom is 0.337 e. The third-order valence-corrected chi connectivity index (χ3v) is 5.40. The van der Waals surface area contributed by atoms with Gasteiger partial charge in [-0.2, -0.15) is 0 Å². The van der Waals surface area contributed by atoms with Gasteiger partial charge in [-0.15, -0.1) is 0 Å². The van der Waals surface area contributed by atoms with Crippen LogP contribution in [0.4, 0.5) is 5.69 Å². The molecule has 0 aliphatic carbocycles. The van der Waals surface area contributed by atoms with E-state index in [0.717, 1.165) is 0 Å². The molecule has 7 heteroatoms. The number of hydrogen-bond acceptors (Lipinski definition) is 6. The van der Waals surface area contributed by atoms with Crippen molar-refractivity contribution in [3.8, 4) is 0 Å². The van der Waals surface area contributed by atoms with Gasteiger partial charge < -0.3 is 20.1 Å². The average Bonchev–Trinajstić information content (AvgIpc) is 2.66. The lowest BCUT2D eigenvalue weighted by molar-refractivity contribution is -0.143. The van der Waals surface area contributed by atoms with Gasteiger partial charge in [0.25, 0.3) is 0 Å². The summed E-state index contributed by atoms with van der Waals surface area (Å²) in [6.07, 6.45) is 1.70. The van der Waals surface area contributed by atoms with Gasteiger partial charge in [-0.05, 0) is 19.1 Å². The fourth-order valence-electron chi connectivity index (χ4n) is 3.79. The Morgan fingerprint density at radius 2 is 2.07 bits per heavy atom. The highest BCUT2D eigenvalue weighted by atomic mass is 16.5. The lowest BCUT2D eigenvalue weighted by Crippen LogP contribution is -2.51. The van der Waals surface area contributed by atoms with Crippen molar-refractivity contribution in [2.24, 2.45) is 11.8 Å². The number of ketones is 1. The smallest absolute Gasteiger partial charge is 0.337 e. The molecule has 2 aliphatic heterocycles. The number of carbonyl (C=O) groups excluding carboxylic acids is 3. The van der Waals surface area contributed by atoms with E-state index in [9.17, 15) is 14.4 Å². The highest BCUT2D eigenvalue weighted by Gasteiger charge is 2.44. The van der Waals surface area contributed by atoms with Gasteiger partial charge >= 0.3 is 5.97 Å². The molecule has 0 spiro atoms. The van der Waals surface area contributed by atoms with Crippen molar-refractivity contribution in [2.45, 2.75) is 25.9 Å². The molecule has 0 aromatic heterocycles. The van der Waals surface area contributed by atoms with Crippen LogP contribution in [0, 0.1) is 11.8 Å². The number of nitrogens with zero attached hydrogens (tertiary/aromatic N) is 1. The van der Waals surface area contributed by atoms with Gasteiger partial charge in [0.15, 0.2) is 5.78 Å². The predicted molar refractivity (Wildman–Crippen MR) is 98.6 cm³/mol. The standard InChI is InChI=1S/C20H24N2O5/c1-12-15-10-22(8-7-18(23)13-5-3-4-6-17(13)21)19(24)9-14(15)16(11-27-12)20(25)26-2/h3-6,11-12,14-15H,7-10,21H2,1-2H3/t12-,14+,15-/m1/s1. The van der Waals surface area contributed by atoms with E-state index >= 15 is 0 Å². The van der Waals surface area contributed by atoms with Crippen molar-refractivity contribution in [2.75, 3.05) is 25.9 Å². The molecule has 27 heavy (non-hydrogen) atoms. The molecule has 0 saturated carbocycles. The zero-order valence-electron chi connectivity index (χ0n) is 15.5. The fourth-order valence-corrected chi connectivity index (χ4v) is 3.79. The number of hydrogen-bond donors (Lipinski definition) is 1. The van der Waals surface area contributed by atoms with Gasteiger partial charge in [-0.25, -0.2) is 4.79 Å². The maximum atomic E-state index is 12.6. The molecule has 7 nitrogen and oxygen atoms in total. The largest absolute Gasteiger partial charge is 0.497 e. The maximum absolute atomic E-state index is 12.6. The Kier molecular flexibility index (Phi) is 5.48. The fraction of sp³-hybridized carbons (Fsp3) is 0.450. The number of esters is 1. The third-order valence-electron chi connectivity index (χ3n) is 5.40. The Bertz CT molecular complexity index is 788. The van der Waals surface area contributed by atoms with E-state index in [-0.39, 0.29) is 42.5 Å². The minimum atomic E-state index is -0.465. The Morgan fingerprint density at radius 3 is 2.78 bits per heavy atom. The van der Waals surface area contributed by atoms with E-state index in [4.69, 9.17) is 15.2 Å². The van der Waals surface area contributed by atoms with Gasteiger partial charge in [-0.3, -0.25) is 9.59 Å². The molecule has 1 fully saturated rings. The highest BCUT2D eigenvalue weighted by Crippen LogP contribution is 2.38. The van der Waals surface area contributed by atoms with Crippen LogP contribution in [0.2, 0.25) is 0 Å². The summed E-state index contributed by atoms with van der Waals surface area (Å²) < 4.78 is 10.4. The van der Waals surface area contributed by atoms with Gasteiger partial charge in [0.2, 0.25) is 5.91 Å². The van der Waals surface area contributed by atoms with Crippen LogP contribution in [0.5, 0.6) is 0 Å². The normalized spacial score (nSPS) is 24.5. The second kappa shape index (κ2) is 7.82. The van der Waals surface area contributed by atoms with Crippen molar-refractivity contribution in [1.82, 2.24) is 4.90 Å². The lowest BCUT2D eigenvalue weighted by atomic mass is 9.76. The number of ether oxygens (including phenoxy) is 2. The summed E-state index contributed by atoms with van der Waals surface area (Å²) in [6.45, 7) is 2.68. The molecule has 144 valence electrons. The van der Waals surface area contributed by atoms with Gasteiger partial charge in [-0.1, -0.05) is 12.1 Å². The van der Waals surface area contributed by atoms with Crippen LogP contribution in [-0.2, 0) is 19.1 Å². The van der Waals surface area contributed by atoms with Crippen LogP contribution in [0.25, 0.3) is 0 Å². The SMILES string of the molecule is COC(=O)C1=CO[C@H](C)[C@H]2CN(CCC(=O)c3ccccc3N)C(=O)C[C@H]12. The Balaban J connectivity index is 1.67. The number of carbonyl (C=O) groups is 3.